The first kappa shape index (κ1) is 13.1. The van der Waals surface area contributed by atoms with Gasteiger partial charge in [0.15, 0.2) is 5.65 Å². The van der Waals surface area contributed by atoms with Crippen molar-refractivity contribution >= 4 is 50.0 Å². The molecule has 6 heteroatoms. The molecule has 0 saturated carbocycles. The number of alkyl halides is 1. The van der Waals surface area contributed by atoms with Crippen LogP contribution in [0.25, 0.3) is 11.2 Å². The quantitative estimate of drug-likeness (QED) is 0.642. The first-order chi connectivity index (χ1) is 9.20. The predicted octanol–water partition coefficient (Wildman–Crippen LogP) is 4.60. The van der Waals surface area contributed by atoms with E-state index in [4.69, 9.17) is 11.6 Å². The van der Waals surface area contributed by atoms with Crippen molar-refractivity contribution in [2.45, 2.75) is 18.8 Å². The lowest BCUT2D eigenvalue weighted by Gasteiger charge is -2.14. The number of aromatic nitrogens is 3. The van der Waals surface area contributed by atoms with Crippen molar-refractivity contribution in [2.75, 3.05) is 0 Å². The van der Waals surface area contributed by atoms with Crippen LogP contribution in [0.1, 0.15) is 23.7 Å². The van der Waals surface area contributed by atoms with Gasteiger partial charge in [-0.05, 0) is 40.4 Å². The van der Waals surface area contributed by atoms with Gasteiger partial charge in [-0.1, -0.05) is 6.07 Å². The summed E-state index contributed by atoms with van der Waals surface area (Å²) in [6.45, 7) is 2.15. The first-order valence-electron chi connectivity index (χ1n) is 5.82. The van der Waals surface area contributed by atoms with Crippen LogP contribution in [0.3, 0.4) is 0 Å². The van der Waals surface area contributed by atoms with Gasteiger partial charge >= 0.3 is 0 Å². The normalized spacial score (nSPS) is 13.0. The summed E-state index contributed by atoms with van der Waals surface area (Å²) < 4.78 is 3.04. The van der Waals surface area contributed by atoms with Crippen LogP contribution in [0, 0.1) is 0 Å². The summed E-state index contributed by atoms with van der Waals surface area (Å²) in [5.74, 6) is 1.23. The van der Waals surface area contributed by atoms with Crippen molar-refractivity contribution in [1.82, 2.24) is 14.5 Å². The van der Waals surface area contributed by atoms with Gasteiger partial charge in [0, 0.05) is 15.5 Å². The maximum atomic E-state index is 6.03. The van der Waals surface area contributed by atoms with Crippen molar-refractivity contribution in [3.8, 4) is 0 Å². The lowest BCUT2D eigenvalue weighted by Crippen LogP contribution is -2.09. The van der Waals surface area contributed by atoms with Crippen molar-refractivity contribution in [3.05, 3.63) is 45.0 Å². The molecule has 0 radical (unpaired) electrons. The minimum Gasteiger partial charge on any atom is -0.304 e. The summed E-state index contributed by atoms with van der Waals surface area (Å²) in [7, 11) is 0. The number of imidazole rings is 1. The van der Waals surface area contributed by atoms with Gasteiger partial charge in [-0.25, -0.2) is 9.97 Å². The third-order valence-corrected chi connectivity index (χ3v) is 4.75. The summed E-state index contributed by atoms with van der Waals surface area (Å²) in [5, 5.41) is 2.08. The number of rotatable bonds is 3. The van der Waals surface area contributed by atoms with Crippen molar-refractivity contribution in [3.63, 3.8) is 0 Å². The standard InChI is InChI=1S/C13H11BrClN3S/c1-8(11-3-2-4-19-11)18-12(6-15)17-10-5-9(14)7-16-13(10)18/h2-5,7-8H,6H2,1H3. The van der Waals surface area contributed by atoms with E-state index in [1.807, 2.05) is 6.07 Å². The monoisotopic (exact) mass is 355 g/mol. The number of hydrogen-bond acceptors (Lipinski definition) is 3. The van der Waals surface area contributed by atoms with Gasteiger partial charge in [-0.2, -0.15) is 0 Å². The molecule has 0 bridgehead atoms. The molecule has 0 aromatic carbocycles. The van der Waals surface area contributed by atoms with Gasteiger partial charge in [0.1, 0.15) is 11.3 Å². The molecule has 0 fully saturated rings. The Morgan fingerprint density at radius 2 is 2.37 bits per heavy atom. The summed E-state index contributed by atoms with van der Waals surface area (Å²) in [6, 6.07) is 6.33. The van der Waals surface area contributed by atoms with E-state index < -0.39 is 0 Å². The number of thiophene rings is 1. The van der Waals surface area contributed by atoms with Crippen LogP contribution in [0.4, 0.5) is 0 Å². The average Bonchev–Trinajstić information content (AvgIpc) is 3.04. The molecule has 0 spiro atoms. The number of pyridine rings is 1. The molecule has 3 aromatic heterocycles. The van der Waals surface area contributed by atoms with E-state index in [1.54, 1.807) is 17.5 Å². The largest absolute Gasteiger partial charge is 0.304 e. The Hall–Kier alpha value is -0.910. The number of halogens is 2. The Morgan fingerprint density at radius 3 is 3.05 bits per heavy atom. The summed E-state index contributed by atoms with van der Waals surface area (Å²) in [4.78, 5) is 10.3. The summed E-state index contributed by atoms with van der Waals surface area (Å²) >= 11 is 11.2. The Balaban J connectivity index is 2.21. The van der Waals surface area contributed by atoms with Gasteiger partial charge in [0.2, 0.25) is 0 Å². The Kier molecular flexibility index (Phi) is 3.60. The molecule has 3 nitrogen and oxygen atoms in total. The molecule has 0 aliphatic rings. The van der Waals surface area contributed by atoms with Crippen LogP contribution in [-0.4, -0.2) is 14.5 Å². The maximum absolute atomic E-state index is 6.03. The highest BCUT2D eigenvalue weighted by Crippen LogP contribution is 2.29. The van der Waals surface area contributed by atoms with E-state index in [-0.39, 0.29) is 6.04 Å². The molecule has 1 unspecified atom stereocenters. The third-order valence-electron chi connectivity index (χ3n) is 3.03. The van der Waals surface area contributed by atoms with Gasteiger partial charge in [0.05, 0.1) is 11.9 Å². The molecule has 0 saturated heterocycles. The number of hydrogen-bond donors (Lipinski definition) is 0. The number of nitrogens with zero attached hydrogens (tertiary/aromatic N) is 3. The molecule has 98 valence electrons. The Bertz CT molecular complexity index is 708. The second-order valence-electron chi connectivity index (χ2n) is 4.22. The highest BCUT2D eigenvalue weighted by molar-refractivity contribution is 9.10. The predicted molar refractivity (Wildman–Crippen MR) is 82.9 cm³/mol. The minimum absolute atomic E-state index is 0.187. The fourth-order valence-corrected chi connectivity index (χ4v) is 3.44. The molecule has 3 aromatic rings. The molecular formula is C13H11BrClN3S. The fraction of sp³-hybridized carbons (Fsp3) is 0.231. The van der Waals surface area contributed by atoms with Crippen LogP contribution in [-0.2, 0) is 5.88 Å². The maximum Gasteiger partial charge on any atom is 0.160 e. The van der Waals surface area contributed by atoms with Crippen molar-refractivity contribution in [1.29, 1.82) is 0 Å². The van der Waals surface area contributed by atoms with E-state index in [9.17, 15) is 0 Å². The van der Waals surface area contributed by atoms with E-state index >= 15 is 0 Å². The number of fused-ring (bicyclic) bond motifs is 1. The van der Waals surface area contributed by atoms with Crippen molar-refractivity contribution in [2.24, 2.45) is 0 Å². The Morgan fingerprint density at radius 1 is 1.53 bits per heavy atom. The highest BCUT2D eigenvalue weighted by Gasteiger charge is 2.18. The second-order valence-corrected chi connectivity index (χ2v) is 6.38. The molecule has 0 N–H and O–H groups in total. The van der Waals surface area contributed by atoms with Crippen LogP contribution in [0.2, 0.25) is 0 Å². The highest BCUT2D eigenvalue weighted by atomic mass is 79.9. The zero-order valence-electron chi connectivity index (χ0n) is 10.2. The minimum atomic E-state index is 0.187. The van der Waals surface area contributed by atoms with E-state index in [1.165, 1.54) is 4.88 Å². The lowest BCUT2D eigenvalue weighted by molar-refractivity contribution is 0.639. The fourth-order valence-electron chi connectivity index (χ4n) is 2.16. The van der Waals surface area contributed by atoms with Gasteiger partial charge in [0.25, 0.3) is 0 Å². The molecule has 0 aliphatic carbocycles. The smallest absolute Gasteiger partial charge is 0.160 e. The molecule has 1 atom stereocenters. The third kappa shape index (κ3) is 2.30. The zero-order valence-corrected chi connectivity index (χ0v) is 13.3. The van der Waals surface area contributed by atoms with Crippen LogP contribution < -0.4 is 0 Å². The summed E-state index contributed by atoms with van der Waals surface area (Å²) in [5.41, 5.74) is 1.74. The van der Waals surface area contributed by atoms with Gasteiger partial charge in [-0.15, -0.1) is 22.9 Å². The first-order valence-corrected chi connectivity index (χ1v) is 8.03. The van der Waals surface area contributed by atoms with Crippen LogP contribution >= 0.6 is 38.9 Å². The summed E-state index contributed by atoms with van der Waals surface area (Å²) in [6.07, 6.45) is 1.79. The van der Waals surface area contributed by atoms with Crippen LogP contribution in [0.5, 0.6) is 0 Å². The molecule has 19 heavy (non-hydrogen) atoms. The zero-order chi connectivity index (χ0) is 13.4. The topological polar surface area (TPSA) is 30.7 Å². The van der Waals surface area contributed by atoms with Gasteiger partial charge < -0.3 is 4.57 Å². The molecular weight excluding hydrogens is 346 g/mol. The lowest BCUT2D eigenvalue weighted by atomic mass is 10.2. The molecule has 3 rings (SSSR count). The van der Waals surface area contributed by atoms with E-state index in [2.05, 4.69) is 54.9 Å². The van der Waals surface area contributed by atoms with Crippen molar-refractivity contribution < 1.29 is 0 Å². The molecule has 0 aliphatic heterocycles. The van der Waals surface area contributed by atoms with E-state index in [0.29, 0.717) is 5.88 Å². The SMILES string of the molecule is CC(c1cccs1)n1c(CCl)nc2cc(Br)cnc21. The molecule has 3 heterocycles. The van der Waals surface area contributed by atoms with Crippen LogP contribution in [0.15, 0.2) is 34.2 Å². The Labute approximate surface area is 128 Å². The van der Waals surface area contributed by atoms with E-state index in [0.717, 1.165) is 21.5 Å². The molecule has 0 amide bonds. The average molecular weight is 357 g/mol. The van der Waals surface area contributed by atoms with Gasteiger partial charge in [-0.3, -0.25) is 0 Å². The second kappa shape index (κ2) is 5.23.